The van der Waals surface area contributed by atoms with Crippen LogP contribution >= 0.6 is 0 Å². The summed E-state index contributed by atoms with van der Waals surface area (Å²) in [5.41, 5.74) is 9.64. The Morgan fingerprint density at radius 1 is 0.893 bits per heavy atom. The van der Waals surface area contributed by atoms with Crippen LogP contribution in [0, 0.1) is 33.8 Å². The van der Waals surface area contributed by atoms with E-state index in [4.69, 9.17) is 4.98 Å². The van der Waals surface area contributed by atoms with Crippen LogP contribution in [0.1, 0.15) is 22.3 Å². The van der Waals surface area contributed by atoms with Gasteiger partial charge in [-0.05, 0) is 43.4 Å². The van der Waals surface area contributed by atoms with Gasteiger partial charge in [0.2, 0.25) is 0 Å². The van der Waals surface area contributed by atoms with E-state index in [1.165, 1.54) is 44.1 Å². The fourth-order valence-corrected chi connectivity index (χ4v) is 4.34. The summed E-state index contributed by atoms with van der Waals surface area (Å²) < 4.78 is 2.31. The first-order valence-corrected chi connectivity index (χ1v) is 9.33. The van der Waals surface area contributed by atoms with Gasteiger partial charge in [0.15, 0.2) is 0 Å². The molecule has 2 nitrogen and oxygen atoms in total. The normalized spacial score (nSPS) is 11.3. The van der Waals surface area contributed by atoms with Crippen molar-refractivity contribution in [3.8, 4) is 11.3 Å². The zero-order valence-corrected chi connectivity index (χ0v) is 18.8. The smallest absolute Gasteiger partial charge is 0.0639 e. The second-order valence-electron chi connectivity index (χ2n) is 7.50. The van der Waals surface area contributed by atoms with Gasteiger partial charge < -0.3 is 4.40 Å². The Balaban J connectivity index is 0.00000192. The third-order valence-corrected chi connectivity index (χ3v) is 5.59. The second kappa shape index (κ2) is 6.84. The Hall–Kier alpha value is -2.48. The summed E-state index contributed by atoms with van der Waals surface area (Å²) in [5.74, 6) is 0. The van der Waals surface area contributed by atoms with Crippen molar-refractivity contribution in [2.24, 2.45) is 0 Å². The van der Waals surface area contributed by atoms with E-state index in [0.717, 1.165) is 16.7 Å². The molecule has 0 atom stereocenters. The van der Waals surface area contributed by atoms with Crippen LogP contribution < -0.4 is 0 Å². The molecule has 0 spiro atoms. The van der Waals surface area contributed by atoms with Crippen LogP contribution in [0.3, 0.4) is 0 Å². The monoisotopic (exact) mass is 542 g/mol. The standard InChI is InChI=1S/C25H21N2.Ir/c1-15-11-12-21-20(13-15)24-18(4)9-6-10-19(24)25-26-14-22(27(21)25)23-16(2)7-5-8-17(23)3;/h5-9,11-14H,1-4H3;/q-1;. The first kappa shape index (κ1) is 18.9. The van der Waals surface area contributed by atoms with Crippen LogP contribution in [0.4, 0.5) is 0 Å². The van der Waals surface area contributed by atoms with Crippen LogP contribution in [0.2, 0.25) is 0 Å². The maximum Gasteiger partial charge on any atom is 0.0639 e. The number of benzene rings is 3. The molecular weight excluding hydrogens is 521 g/mol. The third kappa shape index (κ3) is 2.62. The summed E-state index contributed by atoms with van der Waals surface area (Å²) in [6.07, 6.45) is 2.01. The summed E-state index contributed by atoms with van der Waals surface area (Å²) in [6.45, 7) is 8.67. The van der Waals surface area contributed by atoms with Gasteiger partial charge in [0, 0.05) is 37.4 Å². The van der Waals surface area contributed by atoms with E-state index >= 15 is 0 Å². The maximum absolute atomic E-state index is 4.85. The van der Waals surface area contributed by atoms with Gasteiger partial charge in [-0.2, -0.15) is 0 Å². The summed E-state index contributed by atoms with van der Waals surface area (Å²) in [7, 11) is 0. The topological polar surface area (TPSA) is 17.3 Å². The minimum absolute atomic E-state index is 0. The number of fused-ring (bicyclic) bond motifs is 6. The SMILES string of the molecule is Cc1ccc2c(c1)c1c(C)cc[c-]c1c1ncc(-c3c(C)cccc3C)n21.[Ir]. The van der Waals surface area contributed by atoms with Crippen LogP contribution in [-0.4, -0.2) is 9.38 Å². The molecule has 3 aromatic carbocycles. The predicted molar refractivity (Wildman–Crippen MR) is 113 cm³/mol. The molecule has 2 aromatic heterocycles. The molecule has 0 unspecified atom stereocenters. The number of rotatable bonds is 1. The molecule has 0 saturated carbocycles. The van der Waals surface area contributed by atoms with Crippen LogP contribution in [0.25, 0.3) is 38.6 Å². The fourth-order valence-electron chi connectivity index (χ4n) is 4.34. The van der Waals surface area contributed by atoms with Crippen LogP contribution in [0.5, 0.6) is 0 Å². The summed E-state index contributed by atoms with van der Waals surface area (Å²) >= 11 is 0. The molecule has 0 amide bonds. The summed E-state index contributed by atoms with van der Waals surface area (Å²) in [4.78, 5) is 4.85. The average molecular weight is 542 g/mol. The first-order valence-electron chi connectivity index (χ1n) is 9.33. The number of aromatic nitrogens is 2. The van der Waals surface area contributed by atoms with Gasteiger partial charge in [-0.15, -0.1) is 23.8 Å². The molecule has 0 saturated heterocycles. The van der Waals surface area contributed by atoms with Gasteiger partial charge in [0.1, 0.15) is 0 Å². The van der Waals surface area contributed by atoms with Gasteiger partial charge in [-0.25, -0.2) is 0 Å². The number of hydrogen-bond acceptors (Lipinski definition) is 1. The largest absolute Gasteiger partial charge is 0.333 e. The Labute approximate surface area is 178 Å². The van der Waals surface area contributed by atoms with Crippen LogP contribution in [-0.2, 0) is 20.1 Å². The van der Waals surface area contributed by atoms with E-state index in [2.05, 4.69) is 80.6 Å². The molecule has 3 heteroatoms. The third-order valence-electron chi connectivity index (χ3n) is 5.59. The fraction of sp³-hybridized carbons (Fsp3) is 0.160. The molecule has 2 heterocycles. The Bertz CT molecular complexity index is 1340. The first-order chi connectivity index (χ1) is 13.1. The molecule has 0 bridgehead atoms. The van der Waals surface area contributed by atoms with Crippen molar-refractivity contribution in [2.45, 2.75) is 27.7 Å². The van der Waals surface area contributed by atoms with Gasteiger partial charge in [-0.3, -0.25) is 4.98 Å². The zero-order valence-electron chi connectivity index (χ0n) is 16.4. The Kier molecular flexibility index (Phi) is 4.61. The minimum atomic E-state index is 0. The van der Waals surface area contributed by atoms with Crippen molar-refractivity contribution >= 4 is 27.3 Å². The maximum atomic E-state index is 4.85. The molecule has 5 aromatic rings. The van der Waals surface area contributed by atoms with Gasteiger partial charge in [0.25, 0.3) is 0 Å². The second-order valence-corrected chi connectivity index (χ2v) is 7.50. The van der Waals surface area contributed by atoms with Crippen molar-refractivity contribution in [3.63, 3.8) is 0 Å². The van der Waals surface area contributed by atoms with Gasteiger partial charge in [0.05, 0.1) is 11.3 Å². The van der Waals surface area contributed by atoms with E-state index in [1.807, 2.05) is 12.3 Å². The number of nitrogens with zero attached hydrogens (tertiary/aromatic N) is 2. The number of hydrogen-bond donors (Lipinski definition) is 0. The van der Waals surface area contributed by atoms with Crippen molar-refractivity contribution < 1.29 is 20.1 Å². The molecule has 0 aliphatic rings. The van der Waals surface area contributed by atoms with E-state index in [1.54, 1.807) is 0 Å². The van der Waals surface area contributed by atoms with Crippen molar-refractivity contribution in [1.82, 2.24) is 9.38 Å². The Morgan fingerprint density at radius 3 is 2.39 bits per heavy atom. The summed E-state index contributed by atoms with van der Waals surface area (Å²) in [6, 6.07) is 20.8. The van der Waals surface area contributed by atoms with Crippen molar-refractivity contribution in [3.05, 3.63) is 83.0 Å². The molecule has 5 rings (SSSR count). The van der Waals surface area contributed by atoms with Crippen molar-refractivity contribution in [2.75, 3.05) is 0 Å². The van der Waals surface area contributed by atoms with Gasteiger partial charge in [-0.1, -0.05) is 53.6 Å². The average Bonchev–Trinajstić information content (AvgIpc) is 3.06. The number of pyridine rings is 1. The van der Waals surface area contributed by atoms with E-state index in [9.17, 15) is 0 Å². The molecule has 0 aliphatic carbocycles. The molecule has 0 aliphatic heterocycles. The van der Waals surface area contributed by atoms with E-state index in [0.29, 0.717) is 0 Å². The van der Waals surface area contributed by atoms with Gasteiger partial charge >= 0.3 is 0 Å². The zero-order chi connectivity index (χ0) is 18.7. The molecule has 0 fully saturated rings. The molecule has 141 valence electrons. The predicted octanol–water partition coefficient (Wildman–Crippen LogP) is 6.34. The number of aryl methyl sites for hydroxylation is 4. The van der Waals surface area contributed by atoms with E-state index in [-0.39, 0.29) is 20.1 Å². The van der Waals surface area contributed by atoms with Crippen molar-refractivity contribution in [1.29, 1.82) is 0 Å². The molecule has 28 heavy (non-hydrogen) atoms. The quantitative estimate of drug-likeness (QED) is 0.179. The number of imidazole rings is 1. The molecular formula is C25H21IrN2-. The van der Waals surface area contributed by atoms with Crippen LogP contribution in [0.15, 0.2) is 54.7 Å². The minimum Gasteiger partial charge on any atom is -0.333 e. The van der Waals surface area contributed by atoms with E-state index < -0.39 is 0 Å². The Morgan fingerprint density at radius 2 is 1.64 bits per heavy atom. The molecule has 0 N–H and O–H groups in total. The molecule has 1 radical (unpaired) electrons. The summed E-state index contributed by atoms with van der Waals surface area (Å²) in [5, 5.41) is 3.60.